The van der Waals surface area contributed by atoms with E-state index in [0.29, 0.717) is 13.1 Å². The number of benzene rings is 1. The number of hydrogen-bond acceptors (Lipinski definition) is 5. The average Bonchev–Trinajstić information content (AvgIpc) is 3.16. The molecule has 0 N–H and O–H groups in total. The van der Waals surface area contributed by atoms with Gasteiger partial charge >= 0.3 is 6.09 Å². The van der Waals surface area contributed by atoms with E-state index in [1.54, 1.807) is 11.1 Å². The highest BCUT2D eigenvalue weighted by atomic mass is 16.6. The number of fused-ring (bicyclic) bond motifs is 1. The highest BCUT2D eigenvalue weighted by Crippen LogP contribution is 2.26. The number of likely N-dealkylation sites (tertiary alicyclic amines) is 1. The summed E-state index contributed by atoms with van der Waals surface area (Å²) in [5, 5.41) is 4.54. The van der Waals surface area contributed by atoms with Gasteiger partial charge in [0, 0.05) is 24.8 Å². The van der Waals surface area contributed by atoms with Gasteiger partial charge in [0.05, 0.1) is 35.2 Å². The molecule has 0 aliphatic carbocycles. The molecule has 1 aromatic carbocycles. The monoisotopic (exact) mass is 379 g/mol. The van der Waals surface area contributed by atoms with Crippen molar-refractivity contribution in [2.45, 2.75) is 45.3 Å². The molecule has 0 saturated carbocycles. The molecule has 0 spiro atoms. The number of piperidine rings is 1. The fourth-order valence-corrected chi connectivity index (χ4v) is 3.41. The van der Waals surface area contributed by atoms with Gasteiger partial charge in [0.1, 0.15) is 5.60 Å². The van der Waals surface area contributed by atoms with Gasteiger partial charge in [0.2, 0.25) is 0 Å². The summed E-state index contributed by atoms with van der Waals surface area (Å²) in [6.07, 6.45) is 7.10. The van der Waals surface area contributed by atoms with Crippen molar-refractivity contribution in [3.05, 3.63) is 42.9 Å². The lowest BCUT2D eigenvalue weighted by atomic mass is 10.1. The van der Waals surface area contributed by atoms with E-state index in [1.165, 1.54) is 0 Å². The van der Waals surface area contributed by atoms with E-state index in [4.69, 9.17) is 4.74 Å². The fraction of sp³-hybridized carbons (Fsp3) is 0.429. The van der Waals surface area contributed by atoms with Gasteiger partial charge in [-0.05, 0) is 45.7 Å². The van der Waals surface area contributed by atoms with Crippen LogP contribution in [0.2, 0.25) is 0 Å². The zero-order valence-electron chi connectivity index (χ0n) is 16.5. The largest absolute Gasteiger partial charge is 0.444 e. The number of hydrogen-bond donors (Lipinski definition) is 0. The Morgan fingerprint density at radius 3 is 2.54 bits per heavy atom. The number of nitrogens with zero attached hydrogens (tertiary/aromatic N) is 5. The smallest absolute Gasteiger partial charge is 0.410 e. The number of rotatable bonds is 2. The minimum absolute atomic E-state index is 0.237. The predicted octanol–water partition coefficient (Wildman–Crippen LogP) is 4.07. The molecule has 4 rings (SSSR count). The average molecular weight is 379 g/mol. The van der Waals surface area contributed by atoms with Crippen molar-refractivity contribution in [2.24, 2.45) is 0 Å². The Balaban J connectivity index is 1.43. The van der Waals surface area contributed by atoms with Crippen molar-refractivity contribution in [3.63, 3.8) is 0 Å². The first-order valence-electron chi connectivity index (χ1n) is 9.63. The molecule has 0 radical (unpaired) electrons. The Labute approximate surface area is 164 Å². The molecule has 7 nitrogen and oxygen atoms in total. The fourth-order valence-electron chi connectivity index (χ4n) is 3.41. The summed E-state index contributed by atoms with van der Waals surface area (Å²) in [5.74, 6) is 0. The topological polar surface area (TPSA) is 73.1 Å². The number of para-hydroxylation sites is 2. The quantitative estimate of drug-likeness (QED) is 0.671. The summed E-state index contributed by atoms with van der Waals surface area (Å²) in [4.78, 5) is 23.2. The van der Waals surface area contributed by atoms with Gasteiger partial charge in [0.25, 0.3) is 0 Å². The predicted molar refractivity (Wildman–Crippen MR) is 107 cm³/mol. The molecular formula is C21H25N5O2. The number of aromatic nitrogens is 4. The molecule has 3 aromatic rings. The van der Waals surface area contributed by atoms with Gasteiger partial charge in [-0.2, -0.15) is 5.10 Å². The van der Waals surface area contributed by atoms with E-state index >= 15 is 0 Å². The Kier molecular flexibility index (Phi) is 4.75. The van der Waals surface area contributed by atoms with Crippen LogP contribution < -0.4 is 0 Å². The van der Waals surface area contributed by atoms with Crippen LogP contribution >= 0.6 is 0 Å². The molecule has 146 valence electrons. The molecular weight excluding hydrogens is 354 g/mol. The van der Waals surface area contributed by atoms with E-state index in [0.717, 1.165) is 35.1 Å². The SMILES string of the molecule is CC(C)(C)OC(=O)N1CCC(n2cc(-c3cnc4ccccc4n3)cn2)CC1. The van der Waals surface area contributed by atoms with Crippen molar-refractivity contribution in [2.75, 3.05) is 13.1 Å². The molecule has 1 saturated heterocycles. The first kappa shape index (κ1) is 18.4. The lowest BCUT2D eigenvalue weighted by molar-refractivity contribution is 0.0185. The van der Waals surface area contributed by atoms with Gasteiger partial charge in [0.15, 0.2) is 0 Å². The maximum atomic E-state index is 12.2. The third kappa shape index (κ3) is 3.98. The molecule has 2 aromatic heterocycles. The lowest BCUT2D eigenvalue weighted by Crippen LogP contribution is -2.42. The second kappa shape index (κ2) is 7.22. The van der Waals surface area contributed by atoms with Crippen LogP contribution in [-0.2, 0) is 4.74 Å². The van der Waals surface area contributed by atoms with Crippen molar-refractivity contribution < 1.29 is 9.53 Å². The molecule has 1 aliphatic heterocycles. The maximum Gasteiger partial charge on any atom is 0.410 e. The number of ether oxygens (including phenoxy) is 1. The van der Waals surface area contributed by atoms with Crippen LogP contribution in [0.15, 0.2) is 42.9 Å². The van der Waals surface area contributed by atoms with Gasteiger partial charge in [-0.1, -0.05) is 12.1 Å². The van der Waals surface area contributed by atoms with Gasteiger partial charge in [-0.15, -0.1) is 0 Å². The standard InChI is InChI=1S/C21H25N5O2/c1-21(2,3)28-20(27)25-10-8-16(9-11-25)26-14-15(12-23-26)19-13-22-17-6-4-5-7-18(17)24-19/h4-7,12-14,16H,8-11H2,1-3H3. The zero-order chi connectivity index (χ0) is 19.7. The third-order valence-corrected chi connectivity index (χ3v) is 4.84. The molecule has 0 atom stereocenters. The lowest BCUT2D eigenvalue weighted by Gasteiger charge is -2.33. The second-order valence-electron chi connectivity index (χ2n) is 8.15. The molecule has 7 heteroatoms. The van der Waals surface area contributed by atoms with E-state index < -0.39 is 5.60 Å². The first-order chi connectivity index (χ1) is 13.4. The summed E-state index contributed by atoms with van der Waals surface area (Å²) in [5.41, 5.74) is 3.06. The van der Waals surface area contributed by atoms with Crippen molar-refractivity contribution in [1.82, 2.24) is 24.6 Å². The third-order valence-electron chi connectivity index (χ3n) is 4.84. The van der Waals surface area contributed by atoms with E-state index in [2.05, 4.69) is 15.1 Å². The van der Waals surface area contributed by atoms with Crippen LogP contribution in [0.5, 0.6) is 0 Å². The molecule has 28 heavy (non-hydrogen) atoms. The van der Waals surface area contributed by atoms with E-state index in [1.807, 2.05) is 62.1 Å². The minimum Gasteiger partial charge on any atom is -0.444 e. The van der Waals surface area contributed by atoms with Gasteiger partial charge in [-0.25, -0.2) is 9.78 Å². The Morgan fingerprint density at radius 2 is 1.82 bits per heavy atom. The number of amides is 1. The minimum atomic E-state index is -0.467. The van der Waals surface area contributed by atoms with E-state index in [9.17, 15) is 4.79 Å². The van der Waals surface area contributed by atoms with E-state index in [-0.39, 0.29) is 12.1 Å². The highest BCUT2D eigenvalue weighted by Gasteiger charge is 2.27. The summed E-state index contributed by atoms with van der Waals surface area (Å²) in [7, 11) is 0. The van der Waals surface area contributed by atoms with Crippen molar-refractivity contribution in [3.8, 4) is 11.3 Å². The highest BCUT2D eigenvalue weighted by molar-refractivity contribution is 5.76. The summed E-state index contributed by atoms with van der Waals surface area (Å²) < 4.78 is 7.45. The second-order valence-corrected chi connectivity index (χ2v) is 8.15. The van der Waals surface area contributed by atoms with Gasteiger partial charge < -0.3 is 9.64 Å². The normalized spacial score (nSPS) is 15.8. The molecule has 0 unspecified atom stereocenters. The summed E-state index contributed by atoms with van der Waals surface area (Å²) in [6, 6.07) is 8.10. The van der Waals surface area contributed by atoms with Crippen LogP contribution in [0.1, 0.15) is 39.7 Å². The van der Waals surface area contributed by atoms with Crippen LogP contribution in [-0.4, -0.2) is 49.4 Å². The molecule has 3 heterocycles. The summed E-state index contributed by atoms with van der Waals surface area (Å²) in [6.45, 7) is 7.00. The van der Waals surface area contributed by atoms with Crippen molar-refractivity contribution in [1.29, 1.82) is 0 Å². The molecule has 1 aliphatic rings. The Hall–Kier alpha value is -2.96. The zero-order valence-corrected chi connectivity index (χ0v) is 16.5. The van der Waals surface area contributed by atoms with Crippen LogP contribution in [0.4, 0.5) is 4.79 Å². The Bertz CT molecular complexity index is 984. The molecule has 0 bridgehead atoms. The molecule has 1 amide bonds. The molecule has 1 fully saturated rings. The number of carbonyl (C=O) groups excluding carboxylic acids is 1. The first-order valence-corrected chi connectivity index (χ1v) is 9.63. The Morgan fingerprint density at radius 1 is 1.11 bits per heavy atom. The van der Waals surface area contributed by atoms with Crippen molar-refractivity contribution >= 4 is 17.1 Å². The number of carbonyl (C=O) groups is 1. The van der Waals surface area contributed by atoms with Crippen LogP contribution in [0.3, 0.4) is 0 Å². The van der Waals surface area contributed by atoms with Gasteiger partial charge in [-0.3, -0.25) is 9.67 Å². The maximum absolute atomic E-state index is 12.2. The van der Waals surface area contributed by atoms with Crippen LogP contribution in [0, 0.1) is 0 Å². The van der Waals surface area contributed by atoms with Crippen LogP contribution in [0.25, 0.3) is 22.3 Å². The summed E-state index contributed by atoms with van der Waals surface area (Å²) >= 11 is 0.